The minimum Gasteiger partial charge on any atom is -0.455 e. The van der Waals surface area contributed by atoms with Crippen molar-refractivity contribution in [2.75, 3.05) is 5.32 Å². The summed E-state index contributed by atoms with van der Waals surface area (Å²) in [7, 11) is 0. The number of amides is 1. The molecular formula is C14H13NO2. The molecule has 0 radical (unpaired) electrons. The van der Waals surface area contributed by atoms with Gasteiger partial charge in [-0.1, -0.05) is 30.3 Å². The van der Waals surface area contributed by atoms with Crippen LogP contribution in [0.2, 0.25) is 0 Å². The van der Waals surface area contributed by atoms with Gasteiger partial charge >= 0.3 is 0 Å². The van der Waals surface area contributed by atoms with E-state index in [1.165, 1.54) is 0 Å². The number of hydrogen-bond acceptors (Lipinski definition) is 2. The molecule has 0 atom stereocenters. The maximum atomic E-state index is 10.5. The van der Waals surface area contributed by atoms with Gasteiger partial charge in [0.25, 0.3) is 0 Å². The van der Waals surface area contributed by atoms with E-state index in [4.69, 9.17) is 4.74 Å². The van der Waals surface area contributed by atoms with E-state index < -0.39 is 0 Å². The Labute approximate surface area is 100 Å². The second-order valence-electron chi connectivity index (χ2n) is 3.63. The minimum atomic E-state index is 0.645. The number of carbonyl (C=O) groups excluding carboxylic acids is 1. The fraction of sp³-hybridized carbons (Fsp3) is 0.0714. The second kappa shape index (κ2) is 5.16. The Bertz CT molecular complexity index is 509. The predicted molar refractivity (Wildman–Crippen MR) is 67.4 cm³/mol. The summed E-state index contributed by atoms with van der Waals surface area (Å²) in [5.41, 5.74) is 1.64. The first kappa shape index (κ1) is 11.2. The summed E-state index contributed by atoms with van der Waals surface area (Å²) in [4.78, 5) is 10.5. The fourth-order valence-corrected chi connectivity index (χ4v) is 1.57. The van der Waals surface area contributed by atoms with Crippen LogP contribution in [-0.2, 0) is 4.79 Å². The number of rotatable bonds is 4. The highest BCUT2D eigenvalue weighted by Gasteiger charge is 2.07. The Morgan fingerprint density at radius 1 is 1.06 bits per heavy atom. The van der Waals surface area contributed by atoms with Gasteiger partial charge in [-0.15, -0.1) is 0 Å². The molecule has 3 heteroatoms. The Balaban J connectivity index is 2.34. The zero-order chi connectivity index (χ0) is 12.1. The molecule has 0 spiro atoms. The number of anilines is 1. The normalized spacial score (nSPS) is 9.71. The van der Waals surface area contributed by atoms with Gasteiger partial charge in [0.15, 0.2) is 5.75 Å². The Kier molecular flexibility index (Phi) is 3.40. The van der Waals surface area contributed by atoms with E-state index in [0.29, 0.717) is 17.8 Å². The lowest BCUT2D eigenvalue weighted by Gasteiger charge is -2.12. The topological polar surface area (TPSA) is 38.3 Å². The van der Waals surface area contributed by atoms with Gasteiger partial charge in [0, 0.05) is 0 Å². The highest BCUT2D eigenvalue weighted by Crippen LogP contribution is 2.32. The van der Waals surface area contributed by atoms with Crippen LogP contribution in [0, 0.1) is 6.92 Å². The summed E-state index contributed by atoms with van der Waals surface area (Å²) in [6.45, 7) is 1.94. The van der Waals surface area contributed by atoms with E-state index in [1.54, 1.807) is 6.07 Å². The molecule has 2 aromatic rings. The van der Waals surface area contributed by atoms with Gasteiger partial charge in [0.1, 0.15) is 5.75 Å². The average molecular weight is 227 g/mol. The molecule has 0 aliphatic heterocycles. The van der Waals surface area contributed by atoms with Gasteiger partial charge in [-0.3, -0.25) is 4.79 Å². The lowest BCUT2D eigenvalue weighted by molar-refractivity contribution is -0.105. The van der Waals surface area contributed by atoms with Crippen molar-refractivity contribution in [1.82, 2.24) is 0 Å². The van der Waals surface area contributed by atoms with Crippen LogP contribution in [0.1, 0.15) is 5.56 Å². The first-order valence-electron chi connectivity index (χ1n) is 5.34. The number of benzene rings is 2. The first-order valence-corrected chi connectivity index (χ1v) is 5.34. The first-order chi connectivity index (χ1) is 8.31. The van der Waals surface area contributed by atoms with E-state index >= 15 is 0 Å². The van der Waals surface area contributed by atoms with E-state index in [1.807, 2.05) is 49.4 Å². The van der Waals surface area contributed by atoms with Crippen molar-refractivity contribution in [3.63, 3.8) is 0 Å². The Morgan fingerprint density at radius 3 is 2.53 bits per heavy atom. The van der Waals surface area contributed by atoms with Gasteiger partial charge in [-0.2, -0.15) is 0 Å². The molecule has 0 bridgehead atoms. The zero-order valence-corrected chi connectivity index (χ0v) is 9.51. The molecule has 0 aliphatic carbocycles. The molecule has 0 saturated heterocycles. The average Bonchev–Trinajstić information content (AvgIpc) is 2.35. The van der Waals surface area contributed by atoms with Gasteiger partial charge in [0.2, 0.25) is 6.41 Å². The highest BCUT2D eigenvalue weighted by atomic mass is 16.5. The fourth-order valence-electron chi connectivity index (χ4n) is 1.57. The van der Waals surface area contributed by atoms with E-state index in [0.717, 1.165) is 11.3 Å². The van der Waals surface area contributed by atoms with Crippen molar-refractivity contribution in [1.29, 1.82) is 0 Å². The summed E-state index contributed by atoms with van der Waals surface area (Å²) in [5.74, 6) is 1.42. The third kappa shape index (κ3) is 2.64. The third-order valence-electron chi connectivity index (χ3n) is 2.39. The summed E-state index contributed by atoms with van der Waals surface area (Å²) < 4.78 is 5.77. The maximum Gasteiger partial charge on any atom is 0.211 e. The van der Waals surface area contributed by atoms with E-state index in [-0.39, 0.29) is 0 Å². The van der Waals surface area contributed by atoms with Gasteiger partial charge < -0.3 is 10.1 Å². The largest absolute Gasteiger partial charge is 0.455 e. The molecule has 2 rings (SSSR count). The zero-order valence-electron chi connectivity index (χ0n) is 9.51. The van der Waals surface area contributed by atoms with Crippen LogP contribution in [0.25, 0.3) is 0 Å². The van der Waals surface area contributed by atoms with E-state index in [9.17, 15) is 4.79 Å². The van der Waals surface area contributed by atoms with Crippen molar-refractivity contribution >= 4 is 12.1 Å². The smallest absolute Gasteiger partial charge is 0.211 e. The molecule has 3 nitrogen and oxygen atoms in total. The number of aryl methyl sites for hydroxylation is 1. The quantitative estimate of drug-likeness (QED) is 0.813. The number of hydrogen-bond donors (Lipinski definition) is 1. The van der Waals surface area contributed by atoms with Crippen LogP contribution in [0.4, 0.5) is 5.69 Å². The standard InChI is InChI=1S/C14H13NO2/c1-11-6-5-9-13(15-10-16)14(11)17-12-7-3-2-4-8-12/h2-10H,1H3,(H,15,16). The molecular weight excluding hydrogens is 214 g/mol. The third-order valence-corrected chi connectivity index (χ3v) is 2.39. The van der Waals surface area contributed by atoms with Crippen LogP contribution in [-0.4, -0.2) is 6.41 Å². The molecule has 0 aliphatic rings. The van der Waals surface area contributed by atoms with Crippen LogP contribution < -0.4 is 10.1 Å². The maximum absolute atomic E-state index is 10.5. The molecule has 0 aromatic heterocycles. The molecule has 2 aromatic carbocycles. The van der Waals surface area contributed by atoms with E-state index in [2.05, 4.69) is 5.32 Å². The highest BCUT2D eigenvalue weighted by molar-refractivity contribution is 5.76. The van der Waals surface area contributed by atoms with Crippen molar-refractivity contribution < 1.29 is 9.53 Å². The summed E-state index contributed by atoms with van der Waals surface area (Å²) in [6.07, 6.45) is 0.645. The molecule has 1 N–H and O–H groups in total. The number of carbonyl (C=O) groups is 1. The monoisotopic (exact) mass is 227 g/mol. The molecule has 0 saturated carbocycles. The molecule has 0 heterocycles. The van der Waals surface area contributed by atoms with Crippen molar-refractivity contribution in [2.45, 2.75) is 6.92 Å². The number of nitrogens with one attached hydrogen (secondary N) is 1. The Hall–Kier alpha value is -2.29. The summed E-state index contributed by atoms with van der Waals surface area (Å²) in [5, 5.41) is 2.63. The van der Waals surface area contributed by atoms with Gasteiger partial charge in [0.05, 0.1) is 5.69 Å². The molecule has 0 fully saturated rings. The SMILES string of the molecule is Cc1cccc(NC=O)c1Oc1ccccc1. The molecule has 0 unspecified atom stereocenters. The van der Waals surface area contributed by atoms with Gasteiger partial charge in [-0.05, 0) is 30.7 Å². The minimum absolute atomic E-state index is 0.645. The van der Waals surface area contributed by atoms with Crippen molar-refractivity contribution in [3.05, 3.63) is 54.1 Å². The van der Waals surface area contributed by atoms with Crippen LogP contribution in [0.3, 0.4) is 0 Å². The second-order valence-corrected chi connectivity index (χ2v) is 3.63. The molecule has 17 heavy (non-hydrogen) atoms. The summed E-state index contributed by atoms with van der Waals surface area (Å²) >= 11 is 0. The summed E-state index contributed by atoms with van der Waals surface area (Å²) in [6, 6.07) is 15.1. The number of ether oxygens (including phenoxy) is 1. The van der Waals surface area contributed by atoms with Crippen LogP contribution in [0.15, 0.2) is 48.5 Å². The van der Waals surface area contributed by atoms with Crippen LogP contribution >= 0.6 is 0 Å². The van der Waals surface area contributed by atoms with Crippen molar-refractivity contribution in [3.8, 4) is 11.5 Å². The van der Waals surface area contributed by atoms with Crippen LogP contribution in [0.5, 0.6) is 11.5 Å². The van der Waals surface area contributed by atoms with Gasteiger partial charge in [-0.25, -0.2) is 0 Å². The lowest BCUT2D eigenvalue weighted by Crippen LogP contribution is -1.98. The molecule has 1 amide bonds. The number of para-hydroxylation sites is 2. The van der Waals surface area contributed by atoms with Crippen molar-refractivity contribution in [2.24, 2.45) is 0 Å². The lowest BCUT2D eigenvalue weighted by atomic mass is 10.2. The molecule has 86 valence electrons. The Morgan fingerprint density at radius 2 is 1.82 bits per heavy atom. The predicted octanol–water partition coefficient (Wildman–Crippen LogP) is 3.36.